The number of rotatable bonds is 4. The summed E-state index contributed by atoms with van der Waals surface area (Å²) >= 11 is 0. The fraction of sp³-hybridized carbons (Fsp3) is 0.571. The first-order valence-corrected chi connectivity index (χ1v) is 6.35. The molecule has 16 heavy (non-hydrogen) atoms. The molecule has 0 amide bonds. The molecular formula is C14H22N2. The molecule has 0 heterocycles. The van der Waals surface area contributed by atoms with Gasteiger partial charge in [-0.25, -0.2) is 0 Å². The van der Waals surface area contributed by atoms with Gasteiger partial charge in [-0.2, -0.15) is 0 Å². The molecule has 1 atom stereocenters. The van der Waals surface area contributed by atoms with Gasteiger partial charge in [0.2, 0.25) is 0 Å². The second kappa shape index (κ2) is 4.98. The maximum atomic E-state index is 5.74. The van der Waals surface area contributed by atoms with Crippen molar-refractivity contribution >= 4 is 0 Å². The lowest BCUT2D eigenvalue weighted by atomic mass is 9.72. The van der Waals surface area contributed by atoms with Crippen molar-refractivity contribution in [1.82, 2.24) is 5.43 Å². The molecule has 0 radical (unpaired) electrons. The molecule has 2 nitrogen and oxygen atoms in total. The Bertz CT molecular complexity index is 311. The number of nitrogens with two attached hydrogens (primary N) is 1. The minimum atomic E-state index is 0.269. The van der Waals surface area contributed by atoms with E-state index in [1.54, 1.807) is 0 Å². The molecule has 1 aliphatic carbocycles. The van der Waals surface area contributed by atoms with E-state index in [2.05, 4.69) is 42.7 Å². The van der Waals surface area contributed by atoms with Crippen LogP contribution in [-0.2, 0) is 5.41 Å². The van der Waals surface area contributed by atoms with Crippen molar-refractivity contribution in [3.8, 4) is 0 Å². The lowest BCUT2D eigenvalue weighted by Crippen LogP contribution is -2.49. The van der Waals surface area contributed by atoms with Gasteiger partial charge in [-0.3, -0.25) is 11.3 Å². The standard InChI is InChI=1S/C14H22N2/c1-2-13(16-15)14(10-6-7-11-14)12-8-4-3-5-9-12/h3-5,8-9,13,16H,2,6-7,10-11,15H2,1H3. The Morgan fingerprint density at radius 3 is 2.38 bits per heavy atom. The first kappa shape index (κ1) is 11.6. The number of hydrogen-bond donors (Lipinski definition) is 2. The van der Waals surface area contributed by atoms with E-state index < -0.39 is 0 Å². The lowest BCUT2D eigenvalue weighted by Gasteiger charge is -2.37. The Morgan fingerprint density at radius 1 is 1.25 bits per heavy atom. The minimum absolute atomic E-state index is 0.269. The van der Waals surface area contributed by atoms with E-state index in [1.807, 2.05) is 0 Å². The lowest BCUT2D eigenvalue weighted by molar-refractivity contribution is 0.291. The smallest absolute Gasteiger partial charge is 0.0304 e. The van der Waals surface area contributed by atoms with Gasteiger partial charge in [0.05, 0.1) is 0 Å². The molecule has 2 heteroatoms. The van der Waals surface area contributed by atoms with Crippen molar-refractivity contribution < 1.29 is 0 Å². The number of hydrazine groups is 1. The molecule has 3 N–H and O–H groups in total. The molecule has 0 aliphatic heterocycles. The van der Waals surface area contributed by atoms with Gasteiger partial charge in [0.15, 0.2) is 0 Å². The molecule has 1 aromatic rings. The summed E-state index contributed by atoms with van der Waals surface area (Å²) in [4.78, 5) is 0. The van der Waals surface area contributed by atoms with E-state index in [0.29, 0.717) is 6.04 Å². The van der Waals surface area contributed by atoms with E-state index in [9.17, 15) is 0 Å². The predicted octanol–water partition coefficient (Wildman–Crippen LogP) is 2.74. The van der Waals surface area contributed by atoms with E-state index in [-0.39, 0.29) is 5.41 Å². The van der Waals surface area contributed by atoms with Crippen LogP contribution in [0.25, 0.3) is 0 Å². The SMILES string of the molecule is CCC(NN)C1(c2ccccc2)CCCC1. The zero-order valence-corrected chi connectivity index (χ0v) is 10.1. The van der Waals surface area contributed by atoms with Crippen molar-refractivity contribution in [2.75, 3.05) is 0 Å². The van der Waals surface area contributed by atoms with Crippen molar-refractivity contribution in [3.05, 3.63) is 35.9 Å². The molecule has 1 aromatic carbocycles. The van der Waals surface area contributed by atoms with Crippen LogP contribution in [0.5, 0.6) is 0 Å². The van der Waals surface area contributed by atoms with Crippen LogP contribution in [0.3, 0.4) is 0 Å². The van der Waals surface area contributed by atoms with Crippen LogP contribution in [0, 0.1) is 0 Å². The summed E-state index contributed by atoms with van der Waals surface area (Å²) < 4.78 is 0. The van der Waals surface area contributed by atoms with Gasteiger partial charge in [-0.05, 0) is 24.8 Å². The highest BCUT2D eigenvalue weighted by atomic mass is 15.2. The minimum Gasteiger partial charge on any atom is -0.271 e. The van der Waals surface area contributed by atoms with Gasteiger partial charge in [-0.1, -0.05) is 50.1 Å². The summed E-state index contributed by atoms with van der Waals surface area (Å²) in [6.45, 7) is 2.22. The van der Waals surface area contributed by atoms with Crippen LogP contribution in [0.4, 0.5) is 0 Å². The van der Waals surface area contributed by atoms with Gasteiger partial charge >= 0.3 is 0 Å². The number of benzene rings is 1. The summed E-state index contributed by atoms with van der Waals surface area (Å²) in [6, 6.07) is 11.3. The van der Waals surface area contributed by atoms with Gasteiger partial charge in [0.25, 0.3) is 0 Å². The molecule has 1 unspecified atom stereocenters. The largest absolute Gasteiger partial charge is 0.271 e. The van der Waals surface area contributed by atoms with E-state index in [0.717, 1.165) is 6.42 Å². The van der Waals surface area contributed by atoms with Crippen molar-refractivity contribution in [2.45, 2.75) is 50.5 Å². The summed E-state index contributed by atoms with van der Waals surface area (Å²) in [7, 11) is 0. The Labute approximate surface area is 98.2 Å². The number of nitrogens with one attached hydrogen (secondary N) is 1. The van der Waals surface area contributed by atoms with Crippen molar-refractivity contribution in [3.63, 3.8) is 0 Å². The van der Waals surface area contributed by atoms with Crippen LogP contribution in [0.1, 0.15) is 44.6 Å². The van der Waals surface area contributed by atoms with Gasteiger partial charge < -0.3 is 0 Å². The third kappa shape index (κ3) is 1.87. The maximum absolute atomic E-state index is 5.74. The van der Waals surface area contributed by atoms with Crippen LogP contribution in [0.2, 0.25) is 0 Å². The van der Waals surface area contributed by atoms with Crippen LogP contribution in [0.15, 0.2) is 30.3 Å². The van der Waals surface area contributed by atoms with E-state index in [1.165, 1.54) is 31.2 Å². The Morgan fingerprint density at radius 2 is 1.88 bits per heavy atom. The van der Waals surface area contributed by atoms with Crippen molar-refractivity contribution in [2.24, 2.45) is 5.84 Å². The fourth-order valence-electron chi connectivity index (χ4n) is 3.28. The monoisotopic (exact) mass is 218 g/mol. The molecule has 2 rings (SSSR count). The summed E-state index contributed by atoms with van der Waals surface area (Å²) in [6.07, 6.45) is 6.27. The normalized spacial score (nSPS) is 20.9. The van der Waals surface area contributed by atoms with E-state index >= 15 is 0 Å². The molecule has 0 spiro atoms. The quantitative estimate of drug-likeness (QED) is 0.602. The molecule has 0 aromatic heterocycles. The fourth-order valence-corrected chi connectivity index (χ4v) is 3.28. The summed E-state index contributed by atoms with van der Waals surface area (Å²) in [5, 5.41) is 0. The van der Waals surface area contributed by atoms with Crippen molar-refractivity contribution in [1.29, 1.82) is 0 Å². The topological polar surface area (TPSA) is 38.0 Å². The van der Waals surface area contributed by atoms with Crippen LogP contribution in [-0.4, -0.2) is 6.04 Å². The zero-order valence-electron chi connectivity index (χ0n) is 10.1. The molecule has 0 saturated heterocycles. The molecule has 1 aliphatic rings. The van der Waals surface area contributed by atoms with Gasteiger partial charge in [0.1, 0.15) is 0 Å². The molecule has 0 bridgehead atoms. The summed E-state index contributed by atoms with van der Waals surface area (Å²) in [5.41, 5.74) is 4.76. The van der Waals surface area contributed by atoms with Gasteiger partial charge in [0, 0.05) is 11.5 Å². The first-order valence-electron chi connectivity index (χ1n) is 6.35. The Balaban J connectivity index is 2.35. The van der Waals surface area contributed by atoms with Crippen LogP contribution < -0.4 is 11.3 Å². The third-order valence-corrected chi connectivity index (χ3v) is 4.12. The average Bonchev–Trinajstić information content (AvgIpc) is 2.82. The third-order valence-electron chi connectivity index (χ3n) is 4.12. The molecule has 1 saturated carbocycles. The number of hydrogen-bond acceptors (Lipinski definition) is 2. The second-order valence-corrected chi connectivity index (χ2v) is 4.86. The molecule has 1 fully saturated rings. The summed E-state index contributed by atoms with van der Waals surface area (Å²) in [5.74, 6) is 5.74. The Hall–Kier alpha value is -0.860. The highest BCUT2D eigenvalue weighted by Gasteiger charge is 2.41. The Kier molecular flexibility index (Phi) is 3.62. The van der Waals surface area contributed by atoms with Crippen LogP contribution >= 0.6 is 0 Å². The first-order chi connectivity index (χ1) is 7.83. The highest BCUT2D eigenvalue weighted by Crippen LogP contribution is 2.44. The molecule has 88 valence electrons. The van der Waals surface area contributed by atoms with E-state index in [4.69, 9.17) is 5.84 Å². The maximum Gasteiger partial charge on any atom is 0.0304 e. The second-order valence-electron chi connectivity index (χ2n) is 4.86. The zero-order chi connectivity index (χ0) is 11.4. The van der Waals surface area contributed by atoms with Gasteiger partial charge in [-0.15, -0.1) is 0 Å². The predicted molar refractivity (Wildman–Crippen MR) is 68.0 cm³/mol. The highest BCUT2D eigenvalue weighted by molar-refractivity contribution is 5.29. The average molecular weight is 218 g/mol. The molecular weight excluding hydrogens is 196 g/mol.